The van der Waals surface area contributed by atoms with Gasteiger partial charge in [-0.2, -0.15) is 0 Å². The summed E-state index contributed by atoms with van der Waals surface area (Å²) in [4.78, 5) is 0. The fraction of sp³-hybridized carbons (Fsp3) is 0.0769. The summed E-state index contributed by atoms with van der Waals surface area (Å²) in [6.45, 7) is 0. The molecular weight excluding hydrogens is 279 g/mol. The number of aliphatic hydroxyl groups is 1. The highest BCUT2D eigenvalue weighted by atomic mass is 35.5. The second kappa shape index (κ2) is 5.28. The highest BCUT2D eigenvalue weighted by Gasteiger charge is 2.11. The minimum Gasteiger partial charge on any atom is -0.384 e. The minimum absolute atomic E-state index is 0.500. The summed E-state index contributed by atoms with van der Waals surface area (Å²) in [7, 11) is 0. The van der Waals surface area contributed by atoms with Crippen molar-refractivity contribution in [2.75, 3.05) is 0 Å². The van der Waals surface area contributed by atoms with Gasteiger partial charge in [0.25, 0.3) is 0 Å². The molecule has 0 aliphatic carbocycles. The van der Waals surface area contributed by atoms with E-state index < -0.39 is 6.10 Å². The molecule has 0 amide bonds. The van der Waals surface area contributed by atoms with Crippen molar-refractivity contribution in [2.24, 2.45) is 0 Å². The second-order valence-corrected chi connectivity index (χ2v) is 4.97. The standard InChI is InChI=1S/C13H9Cl3O/c14-10-3-1-8(2-4-10)13(17)9-5-11(15)7-12(16)6-9/h1-7,13,17H/t13-/m0/s1. The summed E-state index contributed by atoms with van der Waals surface area (Å²) in [6, 6.07) is 12.0. The maximum Gasteiger partial charge on any atom is 0.104 e. The van der Waals surface area contributed by atoms with Gasteiger partial charge < -0.3 is 5.11 Å². The lowest BCUT2D eigenvalue weighted by Crippen LogP contribution is -1.99. The monoisotopic (exact) mass is 286 g/mol. The molecule has 4 heteroatoms. The third kappa shape index (κ3) is 3.14. The molecule has 0 radical (unpaired) electrons. The van der Waals surface area contributed by atoms with Crippen LogP contribution in [0.3, 0.4) is 0 Å². The summed E-state index contributed by atoms with van der Waals surface area (Å²) in [6.07, 6.45) is -0.761. The molecule has 17 heavy (non-hydrogen) atoms. The molecule has 1 atom stereocenters. The molecule has 0 aliphatic rings. The van der Waals surface area contributed by atoms with Crippen LogP contribution in [0.15, 0.2) is 42.5 Å². The van der Waals surface area contributed by atoms with Crippen LogP contribution in [0.5, 0.6) is 0 Å². The molecule has 1 nitrogen and oxygen atoms in total. The van der Waals surface area contributed by atoms with Gasteiger partial charge >= 0.3 is 0 Å². The van der Waals surface area contributed by atoms with E-state index in [1.807, 2.05) is 0 Å². The molecule has 0 aliphatic heterocycles. The molecule has 0 saturated carbocycles. The predicted molar refractivity (Wildman–Crippen MR) is 72.0 cm³/mol. The molecule has 0 heterocycles. The van der Waals surface area contributed by atoms with E-state index in [-0.39, 0.29) is 0 Å². The van der Waals surface area contributed by atoms with Gasteiger partial charge in [-0.05, 0) is 41.5 Å². The van der Waals surface area contributed by atoms with E-state index in [1.165, 1.54) is 0 Å². The predicted octanol–water partition coefficient (Wildman–Crippen LogP) is 4.73. The van der Waals surface area contributed by atoms with Crippen LogP contribution in [0.4, 0.5) is 0 Å². The number of benzene rings is 2. The van der Waals surface area contributed by atoms with E-state index >= 15 is 0 Å². The van der Waals surface area contributed by atoms with Crippen molar-refractivity contribution in [1.82, 2.24) is 0 Å². The molecule has 0 spiro atoms. The van der Waals surface area contributed by atoms with Crippen LogP contribution in [0.2, 0.25) is 15.1 Å². The Morgan fingerprint density at radius 1 is 0.706 bits per heavy atom. The summed E-state index contributed by atoms with van der Waals surface area (Å²) in [5.41, 5.74) is 1.40. The highest BCUT2D eigenvalue weighted by molar-refractivity contribution is 6.34. The molecule has 0 bridgehead atoms. The summed E-state index contributed by atoms with van der Waals surface area (Å²) >= 11 is 17.6. The molecule has 0 unspecified atom stereocenters. The van der Waals surface area contributed by atoms with Crippen molar-refractivity contribution < 1.29 is 5.11 Å². The first-order valence-corrected chi connectivity index (χ1v) is 6.09. The summed E-state index contributed by atoms with van der Waals surface area (Å²) in [5, 5.41) is 11.8. The second-order valence-electron chi connectivity index (χ2n) is 3.66. The first kappa shape index (κ1) is 12.7. The zero-order valence-electron chi connectivity index (χ0n) is 8.70. The number of hydrogen-bond acceptors (Lipinski definition) is 1. The lowest BCUT2D eigenvalue weighted by atomic mass is 10.0. The Balaban J connectivity index is 2.36. The van der Waals surface area contributed by atoms with E-state index in [9.17, 15) is 5.11 Å². The van der Waals surface area contributed by atoms with Crippen molar-refractivity contribution >= 4 is 34.8 Å². The van der Waals surface area contributed by atoms with Crippen LogP contribution < -0.4 is 0 Å². The number of hydrogen-bond donors (Lipinski definition) is 1. The highest BCUT2D eigenvalue weighted by Crippen LogP contribution is 2.28. The first-order valence-electron chi connectivity index (χ1n) is 4.96. The number of aliphatic hydroxyl groups excluding tert-OH is 1. The van der Waals surface area contributed by atoms with Crippen molar-refractivity contribution in [2.45, 2.75) is 6.10 Å². The quantitative estimate of drug-likeness (QED) is 0.846. The van der Waals surface area contributed by atoms with Gasteiger partial charge in [0.05, 0.1) is 0 Å². The molecule has 88 valence electrons. The van der Waals surface area contributed by atoms with Crippen LogP contribution in [0, 0.1) is 0 Å². The van der Waals surface area contributed by atoms with Gasteiger partial charge in [0.15, 0.2) is 0 Å². The van der Waals surface area contributed by atoms with E-state index in [1.54, 1.807) is 42.5 Å². The summed E-state index contributed by atoms with van der Waals surface area (Å²) < 4.78 is 0. The van der Waals surface area contributed by atoms with E-state index in [2.05, 4.69) is 0 Å². The van der Waals surface area contributed by atoms with Gasteiger partial charge in [-0.1, -0.05) is 46.9 Å². The van der Waals surface area contributed by atoms with E-state index in [0.29, 0.717) is 20.6 Å². The molecule has 0 fully saturated rings. The van der Waals surface area contributed by atoms with Gasteiger partial charge in [0, 0.05) is 15.1 Å². The molecule has 2 aromatic carbocycles. The smallest absolute Gasteiger partial charge is 0.104 e. The number of rotatable bonds is 2. The largest absolute Gasteiger partial charge is 0.384 e. The Morgan fingerprint density at radius 3 is 1.76 bits per heavy atom. The average Bonchev–Trinajstić information content (AvgIpc) is 2.28. The van der Waals surface area contributed by atoms with Gasteiger partial charge in [0.2, 0.25) is 0 Å². The van der Waals surface area contributed by atoms with Gasteiger partial charge in [0.1, 0.15) is 6.10 Å². The topological polar surface area (TPSA) is 20.2 Å². The zero-order chi connectivity index (χ0) is 12.4. The van der Waals surface area contributed by atoms with Gasteiger partial charge in [-0.25, -0.2) is 0 Å². The van der Waals surface area contributed by atoms with Crippen molar-refractivity contribution in [3.05, 3.63) is 68.7 Å². The van der Waals surface area contributed by atoms with Crippen LogP contribution in [-0.4, -0.2) is 5.11 Å². The van der Waals surface area contributed by atoms with Crippen LogP contribution >= 0.6 is 34.8 Å². The molecule has 0 saturated heterocycles. The molecule has 0 aromatic heterocycles. The van der Waals surface area contributed by atoms with Crippen molar-refractivity contribution in [3.8, 4) is 0 Å². The third-order valence-corrected chi connectivity index (χ3v) is 3.07. The van der Waals surface area contributed by atoms with E-state index in [4.69, 9.17) is 34.8 Å². The lowest BCUT2D eigenvalue weighted by Gasteiger charge is -2.12. The fourth-order valence-corrected chi connectivity index (χ4v) is 2.24. The van der Waals surface area contributed by atoms with Crippen molar-refractivity contribution in [3.63, 3.8) is 0 Å². The average molecular weight is 288 g/mol. The van der Waals surface area contributed by atoms with Crippen molar-refractivity contribution in [1.29, 1.82) is 0 Å². The molecule has 2 aromatic rings. The Kier molecular flexibility index (Phi) is 3.95. The molecule has 1 N–H and O–H groups in total. The first-order chi connectivity index (χ1) is 8.06. The Morgan fingerprint density at radius 2 is 1.24 bits per heavy atom. The maximum absolute atomic E-state index is 10.2. The molecular formula is C13H9Cl3O. The zero-order valence-corrected chi connectivity index (χ0v) is 11.0. The molecule has 2 rings (SSSR count). The Bertz CT molecular complexity index is 502. The SMILES string of the molecule is O[C@@H](c1ccc(Cl)cc1)c1cc(Cl)cc(Cl)c1. The summed E-state index contributed by atoms with van der Waals surface area (Å²) in [5.74, 6) is 0. The van der Waals surface area contributed by atoms with Crippen LogP contribution in [0.25, 0.3) is 0 Å². The van der Waals surface area contributed by atoms with Gasteiger partial charge in [-0.3, -0.25) is 0 Å². The fourth-order valence-electron chi connectivity index (χ4n) is 1.57. The Hall–Kier alpha value is -0.730. The number of halogens is 3. The van der Waals surface area contributed by atoms with Gasteiger partial charge in [-0.15, -0.1) is 0 Å². The minimum atomic E-state index is -0.761. The van der Waals surface area contributed by atoms with E-state index in [0.717, 1.165) is 5.56 Å². The maximum atomic E-state index is 10.2. The normalized spacial score (nSPS) is 12.5. The Labute approximate surface area is 115 Å². The third-order valence-electron chi connectivity index (χ3n) is 2.39. The van der Waals surface area contributed by atoms with Crippen LogP contribution in [0.1, 0.15) is 17.2 Å². The lowest BCUT2D eigenvalue weighted by molar-refractivity contribution is 0.220. The van der Waals surface area contributed by atoms with Crippen LogP contribution in [-0.2, 0) is 0 Å².